The molecule has 0 bridgehead atoms. The van der Waals surface area contributed by atoms with Crippen LogP contribution in [0.4, 0.5) is 0 Å². The van der Waals surface area contributed by atoms with Gasteiger partial charge in [0.05, 0.1) is 13.0 Å². The number of likely N-dealkylation sites (tertiary alicyclic amines) is 1. The number of hydrogen-bond donors (Lipinski definition) is 0. The van der Waals surface area contributed by atoms with E-state index in [1.54, 1.807) is 0 Å². The van der Waals surface area contributed by atoms with Crippen molar-refractivity contribution in [1.82, 2.24) is 4.90 Å². The van der Waals surface area contributed by atoms with E-state index in [2.05, 4.69) is 11.8 Å². The summed E-state index contributed by atoms with van der Waals surface area (Å²) >= 11 is 1.96. The van der Waals surface area contributed by atoms with Crippen LogP contribution in [-0.2, 0) is 9.53 Å². The van der Waals surface area contributed by atoms with E-state index < -0.39 is 0 Å². The Balaban J connectivity index is 2.26. The van der Waals surface area contributed by atoms with Crippen molar-refractivity contribution < 1.29 is 9.53 Å². The van der Waals surface area contributed by atoms with Gasteiger partial charge in [0.1, 0.15) is 0 Å². The van der Waals surface area contributed by atoms with Crippen LogP contribution in [-0.4, -0.2) is 49.1 Å². The molecule has 0 unspecified atom stereocenters. The number of piperidine rings is 1. The lowest BCUT2D eigenvalue weighted by molar-refractivity contribution is -0.147. The lowest BCUT2D eigenvalue weighted by Gasteiger charge is -2.31. The van der Waals surface area contributed by atoms with Crippen LogP contribution in [0.25, 0.3) is 0 Å². The minimum atomic E-state index is -0.0390. The summed E-state index contributed by atoms with van der Waals surface area (Å²) in [6.07, 6.45) is 2.11. The fourth-order valence-electron chi connectivity index (χ4n) is 1.96. The highest BCUT2D eigenvalue weighted by Crippen LogP contribution is 2.17. The second kappa shape index (κ2) is 7.12. The van der Waals surface area contributed by atoms with Crippen molar-refractivity contribution in [2.45, 2.75) is 19.8 Å². The Morgan fingerprint density at radius 2 is 2.40 bits per heavy atom. The number of rotatable bonds is 5. The van der Waals surface area contributed by atoms with Crippen molar-refractivity contribution in [3.63, 3.8) is 0 Å². The molecule has 1 heterocycles. The summed E-state index contributed by atoms with van der Waals surface area (Å²) in [5.41, 5.74) is 0. The topological polar surface area (TPSA) is 29.5 Å². The zero-order valence-corrected chi connectivity index (χ0v) is 10.5. The molecule has 1 aliphatic heterocycles. The van der Waals surface area contributed by atoms with E-state index in [4.69, 9.17) is 4.74 Å². The van der Waals surface area contributed by atoms with Gasteiger partial charge in [-0.25, -0.2) is 0 Å². The van der Waals surface area contributed by atoms with Gasteiger partial charge in [-0.15, -0.1) is 0 Å². The summed E-state index contributed by atoms with van der Waals surface area (Å²) in [5.74, 6) is 2.41. The Labute approximate surface area is 96.5 Å². The van der Waals surface area contributed by atoms with Gasteiger partial charge in [0.25, 0.3) is 0 Å². The fraction of sp³-hybridized carbons (Fsp3) is 0.909. The molecule has 4 heteroatoms. The Morgan fingerprint density at radius 1 is 1.60 bits per heavy atom. The first-order valence-electron chi connectivity index (χ1n) is 5.65. The Morgan fingerprint density at radius 3 is 3.07 bits per heavy atom. The van der Waals surface area contributed by atoms with Gasteiger partial charge in [-0.3, -0.25) is 4.79 Å². The first-order chi connectivity index (χ1) is 7.27. The van der Waals surface area contributed by atoms with E-state index in [1.165, 1.54) is 18.6 Å². The zero-order valence-electron chi connectivity index (χ0n) is 9.70. The molecular weight excluding hydrogens is 210 g/mol. The quantitative estimate of drug-likeness (QED) is 0.531. The van der Waals surface area contributed by atoms with Crippen molar-refractivity contribution in [2.24, 2.45) is 5.92 Å². The Hall–Kier alpha value is -0.220. The zero-order chi connectivity index (χ0) is 11.1. The van der Waals surface area contributed by atoms with Gasteiger partial charge in [0.15, 0.2) is 0 Å². The van der Waals surface area contributed by atoms with Crippen LogP contribution in [0, 0.1) is 5.92 Å². The largest absolute Gasteiger partial charge is 0.469 e. The van der Waals surface area contributed by atoms with Crippen LogP contribution in [0.5, 0.6) is 0 Å². The SMILES string of the molecule is CCSCCN1CCC[C@H](C(=O)OC)C1. The molecule has 0 spiro atoms. The van der Waals surface area contributed by atoms with Gasteiger partial charge in [-0.05, 0) is 25.1 Å². The second-order valence-electron chi connectivity index (χ2n) is 3.86. The van der Waals surface area contributed by atoms with Crippen molar-refractivity contribution in [3.8, 4) is 0 Å². The first kappa shape index (κ1) is 12.8. The van der Waals surface area contributed by atoms with Crippen molar-refractivity contribution >= 4 is 17.7 Å². The molecule has 0 aromatic rings. The highest BCUT2D eigenvalue weighted by molar-refractivity contribution is 7.99. The first-order valence-corrected chi connectivity index (χ1v) is 6.81. The molecule has 0 amide bonds. The van der Waals surface area contributed by atoms with E-state index in [9.17, 15) is 4.79 Å². The van der Waals surface area contributed by atoms with Crippen LogP contribution < -0.4 is 0 Å². The average molecular weight is 231 g/mol. The highest BCUT2D eigenvalue weighted by atomic mass is 32.2. The molecule has 0 saturated carbocycles. The second-order valence-corrected chi connectivity index (χ2v) is 5.25. The lowest BCUT2D eigenvalue weighted by atomic mass is 9.98. The third-order valence-electron chi connectivity index (χ3n) is 2.80. The van der Waals surface area contributed by atoms with Crippen LogP contribution in [0.1, 0.15) is 19.8 Å². The maximum atomic E-state index is 11.4. The van der Waals surface area contributed by atoms with E-state index in [-0.39, 0.29) is 11.9 Å². The molecule has 0 aromatic heterocycles. The van der Waals surface area contributed by atoms with Gasteiger partial charge >= 0.3 is 5.97 Å². The molecule has 1 saturated heterocycles. The van der Waals surface area contributed by atoms with E-state index in [0.29, 0.717) is 0 Å². The number of nitrogens with zero attached hydrogens (tertiary/aromatic N) is 1. The van der Waals surface area contributed by atoms with Crippen molar-refractivity contribution in [1.29, 1.82) is 0 Å². The number of ether oxygens (including phenoxy) is 1. The van der Waals surface area contributed by atoms with Gasteiger partial charge in [-0.2, -0.15) is 11.8 Å². The van der Waals surface area contributed by atoms with Gasteiger partial charge in [-0.1, -0.05) is 6.92 Å². The van der Waals surface area contributed by atoms with Crippen molar-refractivity contribution in [2.75, 3.05) is 38.2 Å². The summed E-state index contributed by atoms with van der Waals surface area (Å²) in [6, 6.07) is 0. The van der Waals surface area contributed by atoms with Crippen molar-refractivity contribution in [3.05, 3.63) is 0 Å². The molecule has 88 valence electrons. The van der Waals surface area contributed by atoms with E-state index in [0.717, 1.165) is 32.5 Å². The normalized spacial score (nSPS) is 22.7. The summed E-state index contributed by atoms with van der Waals surface area (Å²) in [6.45, 7) is 5.30. The standard InChI is InChI=1S/C11H21NO2S/c1-3-15-8-7-12-6-4-5-10(9-12)11(13)14-2/h10H,3-9H2,1-2H3/t10-/m0/s1. The number of esters is 1. The molecule has 3 nitrogen and oxygen atoms in total. The lowest BCUT2D eigenvalue weighted by Crippen LogP contribution is -2.40. The van der Waals surface area contributed by atoms with Gasteiger partial charge < -0.3 is 9.64 Å². The van der Waals surface area contributed by atoms with Crippen LogP contribution in [0.15, 0.2) is 0 Å². The van der Waals surface area contributed by atoms with E-state index >= 15 is 0 Å². The number of methoxy groups -OCH3 is 1. The third kappa shape index (κ3) is 4.43. The van der Waals surface area contributed by atoms with Crippen LogP contribution in [0.2, 0.25) is 0 Å². The molecule has 1 atom stereocenters. The molecular formula is C11H21NO2S. The molecule has 1 fully saturated rings. The smallest absolute Gasteiger partial charge is 0.309 e. The number of hydrogen-bond acceptors (Lipinski definition) is 4. The minimum absolute atomic E-state index is 0.0390. The Kier molecular flexibility index (Phi) is 6.10. The number of carbonyl (C=O) groups excluding carboxylic acids is 1. The molecule has 0 N–H and O–H groups in total. The maximum Gasteiger partial charge on any atom is 0.309 e. The maximum absolute atomic E-state index is 11.4. The predicted molar refractivity (Wildman–Crippen MR) is 64.2 cm³/mol. The summed E-state index contributed by atoms with van der Waals surface area (Å²) in [4.78, 5) is 13.8. The average Bonchev–Trinajstić information content (AvgIpc) is 2.29. The van der Waals surface area contributed by atoms with Gasteiger partial charge in [0.2, 0.25) is 0 Å². The fourth-order valence-corrected chi connectivity index (χ4v) is 2.63. The van der Waals surface area contributed by atoms with Crippen LogP contribution in [0.3, 0.4) is 0 Å². The predicted octanol–water partition coefficient (Wildman–Crippen LogP) is 1.62. The summed E-state index contributed by atoms with van der Waals surface area (Å²) in [5, 5.41) is 0. The van der Waals surface area contributed by atoms with E-state index in [1.807, 2.05) is 11.8 Å². The Bertz CT molecular complexity index is 199. The molecule has 15 heavy (non-hydrogen) atoms. The molecule has 1 rings (SSSR count). The minimum Gasteiger partial charge on any atom is -0.469 e. The summed E-state index contributed by atoms with van der Waals surface area (Å²) in [7, 11) is 1.48. The molecule has 1 aliphatic rings. The number of thioether (sulfide) groups is 1. The van der Waals surface area contributed by atoms with Crippen LogP contribution >= 0.6 is 11.8 Å². The monoisotopic (exact) mass is 231 g/mol. The third-order valence-corrected chi connectivity index (χ3v) is 3.68. The molecule has 0 aliphatic carbocycles. The molecule has 0 radical (unpaired) electrons. The van der Waals surface area contributed by atoms with Gasteiger partial charge in [0, 0.05) is 18.8 Å². The summed E-state index contributed by atoms with van der Waals surface area (Å²) < 4.78 is 4.79. The number of carbonyl (C=O) groups is 1. The highest BCUT2D eigenvalue weighted by Gasteiger charge is 2.25. The molecule has 0 aromatic carbocycles.